The molecule has 1 N–H and O–H groups in total. The summed E-state index contributed by atoms with van der Waals surface area (Å²) in [6.07, 6.45) is 0. The number of H-pyrrole nitrogens is 1. The number of benzene rings is 1. The lowest BCUT2D eigenvalue weighted by Gasteiger charge is -2.03. The maximum atomic E-state index is 11.8. The molecule has 0 aliphatic carbocycles. The summed E-state index contributed by atoms with van der Waals surface area (Å²) in [7, 11) is 0. The molecule has 0 atom stereocenters. The lowest BCUT2D eigenvalue weighted by molar-refractivity contribution is 0.0546. The van der Waals surface area contributed by atoms with Gasteiger partial charge in [0, 0.05) is 21.6 Å². The Hall–Kier alpha value is -1.74. The van der Waals surface area contributed by atoms with Crippen LogP contribution in [0.2, 0.25) is 0 Å². The van der Waals surface area contributed by atoms with Gasteiger partial charge in [0.2, 0.25) is 0 Å². The number of halogens is 1. The van der Waals surface area contributed by atoms with Crippen LogP contribution in [0.1, 0.15) is 21.6 Å². The number of carbonyl (C=O) groups excluding carboxylic acids is 1. The van der Waals surface area contributed by atoms with Gasteiger partial charge in [-0.1, -0.05) is 18.2 Å². The van der Waals surface area contributed by atoms with Gasteiger partial charge in [-0.25, -0.2) is 4.79 Å². The van der Waals surface area contributed by atoms with Crippen molar-refractivity contribution in [2.45, 2.75) is 13.8 Å². The standard InChI is InChI=1S/C14H14ClNO2/c1-8(15)7-18-14(17)11-4-5-13-12(6-11)9(2)10(3)16-13/h4-6,16H,1,7H2,2-3H3. The summed E-state index contributed by atoms with van der Waals surface area (Å²) in [6.45, 7) is 7.53. The Balaban J connectivity index is 2.32. The number of carbonyl (C=O) groups is 1. The molecule has 0 unspecified atom stereocenters. The number of aromatic amines is 1. The third-order valence-electron chi connectivity index (χ3n) is 2.90. The zero-order valence-electron chi connectivity index (χ0n) is 10.3. The molecule has 1 heterocycles. The van der Waals surface area contributed by atoms with Crippen molar-refractivity contribution in [2.24, 2.45) is 0 Å². The Bertz CT molecular complexity index is 628. The van der Waals surface area contributed by atoms with E-state index in [4.69, 9.17) is 16.3 Å². The summed E-state index contributed by atoms with van der Waals surface area (Å²) in [5.74, 6) is -0.392. The number of hydrogen-bond acceptors (Lipinski definition) is 2. The molecular weight excluding hydrogens is 250 g/mol. The van der Waals surface area contributed by atoms with Crippen LogP contribution >= 0.6 is 11.6 Å². The van der Waals surface area contributed by atoms with Gasteiger partial charge in [0.05, 0.1) is 5.56 Å². The molecule has 0 bridgehead atoms. The molecule has 18 heavy (non-hydrogen) atoms. The van der Waals surface area contributed by atoms with E-state index in [1.54, 1.807) is 6.07 Å². The van der Waals surface area contributed by atoms with Crippen molar-refractivity contribution in [2.75, 3.05) is 6.61 Å². The highest BCUT2D eigenvalue weighted by Crippen LogP contribution is 2.22. The number of fused-ring (bicyclic) bond motifs is 1. The lowest BCUT2D eigenvalue weighted by Crippen LogP contribution is -2.06. The summed E-state index contributed by atoms with van der Waals surface area (Å²) in [5.41, 5.74) is 3.77. The van der Waals surface area contributed by atoms with E-state index in [9.17, 15) is 4.79 Å². The molecule has 2 rings (SSSR count). The normalized spacial score (nSPS) is 10.6. The van der Waals surface area contributed by atoms with Crippen LogP contribution in [0.5, 0.6) is 0 Å². The molecule has 2 aromatic rings. The van der Waals surface area contributed by atoms with Gasteiger partial charge in [0.15, 0.2) is 0 Å². The SMILES string of the molecule is C=C(Cl)COC(=O)c1ccc2[nH]c(C)c(C)c2c1. The number of aromatic nitrogens is 1. The van der Waals surface area contributed by atoms with Crippen LogP contribution in [0.4, 0.5) is 0 Å². The predicted molar refractivity (Wildman–Crippen MR) is 73.0 cm³/mol. The van der Waals surface area contributed by atoms with Crippen LogP contribution in [-0.2, 0) is 4.74 Å². The van der Waals surface area contributed by atoms with Crippen LogP contribution in [0.15, 0.2) is 29.8 Å². The molecule has 0 saturated heterocycles. The Labute approximate surface area is 110 Å². The largest absolute Gasteiger partial charge is 0.456 e. The van der Waals surface area contributed by atoms with E-state index < -0.39 is 5.97 Å². The van der Waals surface area contributed by atoms with E-state index in [0.29, 0.717) is 10.6 Å². The topological polar surface area (TPSA) is 42.1 Å². The fraction of sp³-hybridized carbons (Fsp3) is 0.214. The minimum absolute atomic E-state index is 0.0313. The Morgan fingerprint density at radius 2 is 2.17 bits per heavy atom. The average molecular weight is 264 g/mol. The molecule has 3 nitrogen and oxygen atoms in total. The van der Waals surface area contributed by atoms with Gasteiger partial charge in [-0.15, -0.1) is 0 Å². The van der Waals surface area contributed by atoms with E-state index in [0.717, 1.165) is 22.2 Å². The second kappa shape index (κ2) is 4.86. The number of hydrogen-bond donors (Lipinski definition) is 1. The van der Waals surface area contributed by atoms with Crippen molar-refractivity contribution in [3.05, 3.63) is 46.6 Å². The first kappa shape index (κ1) is 12.7. The molecular formula is C14H14ClNO2. The van der Waals surface area contributed by atoms with E-state index in [1.165, 1.54) is 0 Å². The number of esters is 1. The van der Waals surface area contributed by atoms with Gasteiger partial charge < -0.3 is 9.72 Å². The molecule has 0 spiro atoms. The number of rotatable bonds is 3. The summed E-state index contributed by atoms with van der Waals surface area (Å²) in [4.78, 5) is 15.0. The number of nitrogens with one attached hydrogen (secondary N) is 1. The van der Waals surface area contributed by atoms with Crippen molar-refractivity contribution >= 4 is 28.5 Å². The smallest absolute Gasteiger partial charge is 0.338 e. The first-order valence-corrected chi connectivity index (χ1v) is 5.96. The van der Waals surface area contributed by atoms with Gasteiger partial charge in [0.1, 0.15) is 6.61 Å². The zero-order chi connectivity index (χ0) is 13.3. The summed E-state index contributed by atoms with van der Waals surface area (Å²) < 4.78 is 5.00. The van der Waals surface area contributed by atoms with Crippen LogP contribution in [0.3, 0.4) is 0 Å². The quantitative estimate of drug-likeness (QED) is 0.858. The molecule has 1 aromatic carbocycles. The van der Waals surface area contributed by atoms with Crippen LogP contribution in [0, 0.1) is 13.8 Å². The van der Waals surface area contributed by atoms with Crippen molar-refractivity contribution in [1.82, 2.24) is 4.98 Å². The molecule has 0 aliphatic rings. The van der Waals surface area contributed by atoms with Gasteiger partial charge in [0.25, 0.3) is 0 Å². The third kappa shape index (κ3) is 2.41. The molecule has 0 amide bonds. The van der Waals surface area contributed by atoms with Crippen LogP contribution < -0.4 is 0 Å². The summed E-state index contributed by atoms with van der Waals surface area (Å²) in [5, 5.41) is 1.34. The van der Waals surface area contributed by atoms with E-state index in [2.05, 4.69) is 11.6 Å². The summed E-state index contributed by atoms with van der Waals surface area (Å²) >= 11 is 5.56. The molecule has 0 fully saturated rings. The highest BCUT2D eigenvalue weighted by Gasteiger charge is 2.11. The second-order valence-electron chi connectivity index (χ2n) is 4.23. The highest BCUT2D eigenvalue weighted by atomic mass is 35.5. The lowest BCUT2D eigenvalue weighted by atomic mass is 10.1. The van der Waals surface area contributed by atoms with Crippen molar-refractivity contribution < 1.29 is 9.53 Å². The Kier molecular flexibility index (Phi) is 3.43. The second-order valence-corrected chi connectivity index (χ2v) is 4.76. The third-order valence-corrected chi connectivity index (χ3v) is 3.01. The fourth-order valence-electron chi connectivity index (χ4n) is 1.82. The van der Waals surface area contributed by atoms with Gasteiger partial charge in [-0.3, -0.25) is 0 Å². The monoisotopic (exact) mass is 263 g/mol. The van der Waals surface area contributed by atoms with Crippen LogP contribution in [0.25, 0.3) is 10.9 Å². The highest BCUT2D eigenvalue weighted by molar-refractivity contribution is 6.29. The van der Waals surface area contributed by atoms with E-state index in [-0.39, 0.29) is 6.61 Å². The number of aryl methyl sites for hydroxylation is 2. The van der Waals surface area contributed by atoms with Crippen molar-refractivity contribution in [1.29, 1.82) is 0 Å². The van der Waals surface area contributed by atoms with Gasteiger partial charge in [-0.2, -0.15) is 0 Å². The zero-order valence-corrected chi connectivity index (χ0v) is 11.1. The minimum Gasteiger partial charge on any atom is -0.456 e. The van der Waals surface area contributed by atoms with Crippen molar-refractivity contribution in [3.63, 3.8) is 0 Å². The number of ether oxygens (including phenoxy) is 1. The first-order valence-electron chi connectivity index (χ1n) is 5.58. The Morgan fingerprint density at radius 3 is 2.83 bits per heavy atom. The Morgan fingerprint density at radius 1 is 1.44 bits per heavy atom. The first-order chi connectivity index (χ1) is 8.49. The molecule has 0 aliphatic heterocycles. The van der Waals surface area contributed by atoms with E-state index in [1.807, 2.05) is 26.0 Å². The van der Waals surface area contributed by atoms with Gasteiger partial charge >= 0.3 is 5.97 Å². The molecule has 0 saturated carbocycles. The van der Waals surface area contributed by atoms with Crippen molar-refractivity contribution in [3.8, 4) is 0 Å². The maximum absolute atomic E-state index is 11.8. The fourth-order valence-corrected chi connectivity index (χ4v) is 1.87. The van der Waals surface area contributed by atoms with Crippen LogP contribution in [-0.4, -0.2) is 17.6 Å². The minimum atomic E-state index is -0.392. The summed E-state index contributed by atoms with van der Waals surface area (Å²) in [6, 6.07) is 5.44. The predicted octanol–water partition coefficient (Wildman–Crippen LogP) is 3.69. The van der Waals surface area contributed by atoms with E-state index >= 15 is 0 Å². The average Bonchev–Trinajstić information content (AvgIpc) is 2.62. The maximum Gasteiger partial charge on any atom is 0.338 e. The van der Waals surface area contributed by atoms with Gasteiger partial charge in [-0.05, 0) is 37.6 Å². The molecule has 1 aromatic heterocycles. The molecule has 4 heteroatoms. The molecule has 94 valence electrons. The molecule has 0 radical (unpaired) electrons.